The summed E-state index contributed by atoms with van der Waals surface area (Å²) in [5.74, 6) is -0.566. The number of hydrogen-bond donors (Lipinski definition) is 1. The molecule has 0 fully saturated rings. The maximum atomic E-state index is 13.4. The third-order valence-electron chi connectivity index (χ3n) is 3.99. The Bertz CT molecular complexity index is 1090. The first kappa shape index (κ1) is 15.0. The lowest BCUT2D eigenvalue weighted by atomic mass is 10.1. The van der Waals surface area contributed by atoms with Gasteiger partial charge in [-0.15, -0.1) is 0 Å². The van der Waals surface area contributed by atoms with Crippen LogP contribution < -0.4 is 5.56 Å². The van der Waals surface area contributed by atoms with E-state index in [4.69, 9.17) is 0 Å². The molecule has 3 aromatic rings. The number of aromatic amines is 1. The molecule has 0 saturated carbocycles. The summed E-state index contributed by atoms with van der Waals surface area (Å²) in [5.41, 5.74) is 0.680. The standard InChI is InChI=1S/C14H12FN5O3S/c15-9-1-2-12-18-11-3-4-19(7-10(11)14(21)20(12)6-9)24(22,23)13-5-16-8-17-13/h1-2,5-6,8H,3-4,7H2,(H,16,17). The lowest BCUT2D eigenvalue weighted by Crippen LogP contribution is -2.40. The normalized spacial score (nSPS) is 15.5. The average Bonchev–Trinajstić information content (AvgIpc) is 3.11. The van der Waals surface area contributed by atoms with E-state index in [0.717, 1.165) is 10.6 Å². The molecule has 24 heavy (non-hydrogen) atoms. The monoisotopic (exact) mass is 349 g/mol. The second-order valence-electron chi connectivity index (χ2n) is 5.42. The molecule has 0 amide bonds. The van der Waals surface area contributed by atoms with Gasteiger partial charge in [-0.25, -0.2) is 22.8 Å². The minimum Gasteiger partial charge on any atom is -0.335 e. The zero-order valence-corrected chi connectivity index (χ0v) is 13.1. The van der Waals surface area contributed by atoms with Crippen LogP contribution >= 0.6 is 0 Å². The molecule has 0 radical (unpaired) electrons. The predicted octanol–water partition coefficient (Wildman–Crippen LogP) is 0.304. The zero-order valence-electron chi connectivity index (χ0n) is 12.3. The Labute approximate surface area is 135 Å². The molecule has 1 aliphatic rings. The molecule has 0 spiro atoms. The summed E-state index contributed by atoms with van der Waals surface area (Å²) in [7, 11) is -3.77. The summed E-state index contributed by atoms with van der Waals surface area (Å²) in [4.78, 5) is 23.2. The van der Waals surface area contributed by atoms with Crippen molar-refractivity contribution in [2.75, 3.05) is 6.54 Å². The maximum Gasteiger partial charge on any atom is 0.262 e. The first-order valence-corrected chi connectivity index (χ1v) is 8.59. The van der Waals surface area contributed by atoms with E-state index in [9.17, 15) is 17.6 Å². The van der Waals surface area contributed by atoms with E-state index >= 15 is 0 Å². The van der Waals surface area contributed by atoms with E-state index < -0.39 is 21.4 Å². The molecular weight excluding hydrogens is 337 g/mol. The smallest absolute Gasteiger partial charge is 0.262 e. The van der Waals surface area contributed by atoms with E-state index in [0.29, 0.717) is 17.8 Å². The van der Waals surface area contributed by atoms with Crippen LogP contribution in [0.3, 0.4) is 0 Å². The van der Waals surface area contributed by atoms with Gasteiger partial charge in [0.05, 0.1) is 23.8 Å². The van der Waals surface area contributed by atoms with Gasteiger partial charge in [-0.05, 0) is 12.1 Å². The minimum absolute atomic E-state index is 0.0363. The van der Waals surface area contributed by atoms with Crippen LogP contribution in [0, 0.1) is 5.82 Å². The molecule has 1 N–H and O–H groups in total. The van der Waals surface area contributed by atoms with Gasteiger partial charge in [0.25, 0.3) is 15.6 Å². The molecule has 0 unspecified atom stereocenters. The highest BCUT2D eigenvalue weighted by atomic mass is 32.2. The van der Waals surface area contributed by atoms with Gasteiger partial charge in [-0.3, -0.25) is 9.20 Å². The second-order valence-corrected chi connectivity index (χ2v) is 7.33. The van der Waals surface area contributed by atoms with E-state index in [2.05, 4.69) is 15.0 Å². The van der Waals surface area contributed by atoms with E-state index in [1.165, 1.54) is 29.0 Å². The van der Waals surface area contributed by atoms with Crippen molar-refractivity contribution in [1.82, 2.24) is 23.7 Å². The summed E-state index contributed by atoms with van der Waals surface area (Å²) in [6.45, 7) is 0.0974. The van der Waals surface area contributed by atoms with E-state index in [-0.39, 0.29) is 23.7 Å². The second kappa shape index (κ2) is 5.21. The Kier molecular flexibility index (Phi) is 3.25. The highest BCUT2D eigenvalue weighted by molar-refractivity contribution is 7.89. The number of pyridine rings is 1. The van der Waals surface area contributed by atoms with Gasteiger partial charge in [-0.2, -0.15) is 4.31 Å². The quantitative estimate of drug-likeness (QED) is 0.717. The summed E-state index contributed by atoms with van der Waals surface area (Å²) in [6.07, 6.45) is 3.85. The molecule has 0 atom stereocenters. The number of fused-ring (bicyclic) bond motifs is 2. The van der Waals surface area contributed by atoms with Crippen molar-refractivity contribution in [2.24, 2.45) is 0 Å². The fraction of sp³-hybridized carbons (Fsp3) is 0.214. The molecule has 124 valence electrons. The zero-order chi connectivity index (χ0) is 16.9. The van der Waals surface area contributed by atoms with Crippen LogP contribution in [0.1, 0.15) is 11.3 Å². The molecule has 4 rings (SSSR count). The van der Waals surface area contributed by atoms with Crippen LogP contribution in [0.15, 0.2) is 40.7 Å². The lowest BCUT2D eigenvalue weighted by Gasteiger charge is -2.26. The first-order valence-electron chi connectivity index (χ1n) is 7.15. The van der Waals surface area contributed by atoms with E-state index in [1.54, 1.807) is 0 Å². The Morgan fingerprint density at radius 2 is 2.12 bits per heavy atom. The van der Waals surface area contributed by atoms with Crippen molar-refractivity contribution in [3.05, 3.63) is 58.3 Å². The SMILES string of the molecule is O=c1c2c(nc3ccc(F)cn13)CCN(S(=O)(=O)c1cnc[nH]1)C2. The Hall–Kier alpha value is -2.59. The minimum atomic E-state index is -3.77. The van der Waals surface area contributed by atoms with E-state index in [1.807, 2.05) is 0 Å². The van der Waals surface area contributed by atoms with Gasteiger partial charge in [0.15, 0.2) is 5.03 Å². The highest BCUT2D eigenvalue weighted by Crippen LogP contribution is 2.21. The highest BCUT2D eigenvalue weighted by Gasteiger charge is 2.31. The van der Waals surface area contributed by atoms with Crippen LogP contribution in [0.5, 0.6) is 0 Å². The molecule has 8 nitrogen and oxygen atoms in total. The maximum absolute atomic E-state index is 13.4. The molecule has 0 aliphatic carbocycles. The first-order chi connectivity index (χ1) is 11.5. The summed E-state index contributed by atoms with van der Waals surface area (Å²) in [6, 6.07) is 2.65. The summed E-state index contributed by atoms with van der Waals surface area (Å²) < 4.78 is 40.8. The van der Waals surface area contributed by atoms with Crippen LogP contribution in [0.2, 0.25) is 0 Å². The third kappa shape index (κ3) is 2.22. The number of imidazole rings is 1. The number of hydrogen-bond acceptors (Lipinski definition) is 5. The van der Waals surface area contributed by atoms with Crippen molar-refractivity contribution in [2.45, 2.75) is 18.0 Å². The van der Waals surface area contributed by atoms with Gasteiger partial charge >= 0.3 is 0 Å². The van der Waals surface area contributed by atoms with Gasteiger partial charge in [0.1, 0.15) is 11.5 Å². The van der Waals surface area contributed by atoms with Crippen molar-refractivity contribution < 1.29 is 12.8 Å². The molecule has 0 saturated heterocycles. The van der Waals surface area contributed by atoms with Crippen molar-refractivity contribution in [1.29, 1.82) is 0 Å². The van der Waals surface area contributed by atoms with Crippen molar-refractivity contribution >= 4 is 15.7 Å². The largest absolute Gasteiger partial charge is 0.335 e. The van der Waals surface area contributed by atoms with Gasteiger partial charge in [-0.1, -0.05) is 0 Å². The number of halogens is 1. The topological polar surface area (TPSA) is 100 Å². The van der Waals surface area contributed by atoms with Crippen LogP contribution in [0.4, 0.5) is 4.39 Å². The van der Waals surface area contributed by atoms with Gasteiger partial charge in [0.2, 0.25) is 0 Å². The number of H-pyrrole nitrogens is 1. The Morgan fingerprint density at radius 1 is 1.29 bits per heavy atom. The number of aromatic nitrogens is 4. The van der Waals surface area contributed by atoms with Crippen LogP contribution in [-0.2, 0) is 23.0 Å². The fourth-order valence-corrected chi connectivity index (χ4v) is 4.08. The predicted molar refractivity (Wildman–Crippen MR) is 81.3 cm³/mol. The lowest BCUT2D eigenvalue weighted by molar-refractivity contribution is 0.383. The Balaban J connectivity index is 1.82. The number of nitrogens with zero attached hydrogens (tertiary/aromatic N) is 4. The van der Waals surface area contributed by atoms with Gasteiger partial charge < -0.3 is 4.98 Å². The van der Waals surface area contributed by atoms with Crippen molar-refractivity contribution in [3.63, 3.8) is 0 Å². The average molecular weight is 349 g/mol. The van der Waals surface area contributed by atoms with Gasteiger partial charge in [0, 0.05) is 25.7 Å². The molecule has 1 aliphatic heterocycles. The number of sulfonamides is 1. The molecule has 0 bridgehead atoms. The number of nitrogens with one attached hydrogen (secondary N) is 1. The molecular formula is C14H12FN5O3S. The fourth-order valence-electron chi connectivity index (χ4n) is 2.78. The molecule has 10 heteroatoms. The van der Waals surface area contributed by atoms with Crippen LogP contribution in [0.25, 0.3) is 5.65 Å². The molecule has 3 aromatic heterocycles. The van der Waals surface area contributed by atoms with Crippen molar-refractivity contribution in [3.8, 4) is 0 Å². The third-order valence-corrected chi connectivity index (χ3v) is 5.76. The summed E-state index contributed by atoms with van der Waals surface area (Å²) in [5, 5.41) is -0.0363. The summed E-state index contributed by atoms with van der Waals surface area (Å²) >= 11 is 0. The molecule has 0 aromatic carbocycles. The van der Waals surface area contributed by atoms with Crippen LogP contribution in [-0.4, -0.2) is 38.6 Å². The number of rotatable bonds is 2. The Morgan fingerprint density at radius 3 is 2.88 bits per heavy atom. The molecule has 4 heterocycles.